The second kappa shape index (κ2) is 6.30. The van der Waals surface area contributed by atoms with E-state index in [4.69, 9.17) is 21.4 Å². The van der Waals surface area contributed by atoms with Gasteiger partial charge in [-0.3, -0.25) is 9.36 Å². The van der Waals surface area contributed by atoms with Gasteiger partial charge in [0.1, 0.15) is 0 Å². The number of hydrogen-bond donors (Lipinski definition) is 2. The van der Waals surface area contributed by atoms with Gasteiger partial charge >= 0.3 is 7.60 Å². The highest BCUT2D eigenvalue weighted by molar-refractivity contribution is 7.55. The van der Waals surface area contributed by atoms with E-state index in [0.717, 1.165) is 0 Å². The third kappa shape index (κ3) is 5.34. The fourth-order valence-corrected chi connectivity index (χ4v) is 1.65. The summed E-state index contributed by atoms with van der Waals surface area (Å²) in [5.74, 6) is 4.30. The number of ketones is 1. The minimum atomic E-state index is -4.54. The van der Waals surface area contributed by atoms with Crippen LogP contribution in [0.5, 0.6) is 0 Å². The van der Waals surface area contributed by atoms with Crippen LogP contribution in [0.2, 0.25) is 0 Å². The molecular formula is C9H14ClO4P. The molecule has 2 N–H and O–H groups in total. The molecule has 0 amide bonds. The zero-order valence-electron chi connectivity index (χ0n) is 8.61. The summed E-state index contributed by atoms with van der Waals surface area (Å²) in [5.41, 5.74) is 0. The summed E-state index contributed by atoms with van der Waals surface area (Å²) in [6.45, 7) is 3.43. The number of carbonyl (C=O) groups is 1. The van der Waals surface area contributed by atoms with Gasteiger partial charge in [0.05, 0.1) is 0 Å². The molecule has 0 aliphatic heterocycles. The van der Waals surface area contributed by atoms with Crippen LogP contribution in [-0.4, -0.2) is 20.7 Å². The third-order valence-electron chi connectivity index (χ3n) is 1.73. The summed E-state index contributed by atoms with van der Waals surface area (Å²) < 4.78 is 10.7. The van der Waals surface area contributed by atoms with Gasteiger partial charge in [-0.15, -0.1) is 23.4 Å². The fourth-order valence-electron chi connectivity index (χ4n) is 0.851. The number of halogens is 1. The van der Waals surface area contributed by atoms with Crippen LogP contribution in [0.4, 0.5) is 0 Å². The first-order valence-electron chi connectivity index (χ1n) is 4.49. The van der Waals surface area contributed by atoms with E-state index in [1.165, 1.54) is 0 Å². The average molecular weight is 253 g/mol. The van der Waals surface area contributed by atoms with Gasteiger partial charge < -0.3 is 9.79 Å². The van der Waals surface area contributed by atoms with E-state index in [1.54, 1.807) is 6.92 Å². The largest absolute Gasteiger partial charge is 0.350 e. The topological polar surface area (TPSA) is 74.6 Å². The second-order valence-electron chi connectivity index (χ2n) is 3.14. The first-order valence-corrected chi connectivity index (χ1v) is 6.61. The highest BCUT2D eigenvalue weighted by Gasteiger charge is 2.35. The van der Waals surface area contributed by atoms with Crippen molar-refractivity contribution in [2.75, 3.05) is 0 Å². The molecular weight excluding hydrogens is 239 g/mol. The molecule has 0 aliphatic carbocycles. The van der Waals surface area contributed by atoms with Crippen molar-refractivity contribution in [1.82, 2.24) is 0 Å². The van der Waals surface area contributed by atoms with Crippen LogP contribution in [0.1, 0.15) is 26.7 Å². The van der Waals surface area contributed by atoms with Crippen molar-refractivity contribution in [2.24, 2.45) is 5.92 Å². The maximum Gasteiger partial charge on any atom is 0.350 e. The summed E-state index contributed by atoms with van der Waals surface area (Å²) in [7, 11) is -4.54. The van der Waals surface area contributed by atoms with E-state index < -0.39 is 24.4 Å². The van der Waals surface area contributed by atoms with Crippen molar-refractivity contribution in [3.8, 4) is 11.8 Å². The van der Waals surface area contributed by atoms with Crippen molar-refractivity contribution in [1.29, 1.82) is 0 Å². The van der Waals surface area contributed by atoms with E-state index in [0.29, 0.717) is 6.42 Å². The Balaban J connectivity index is 4.39. The molecule has 0 bridgehead atoms. The van der Waals surface area contributed by atoms with Crippen molar-refractivity contribution in [3.05, 3.63) is 0 Å². The Hall–Kier alpha value is -0.330. The normalized spacial score (nSPS) is 15.0. The van der Waals surface area contributed by atoms with Gasteiger partial charge in [0.15, 0.2) is 10.9 Å². The molecule has 0 spiro atoms. The first kappa shape index (κ1) is 14.7. The molecule has 2 unspecified atom stereocenters. The van der Waals surface area contributed by atoms with Crippen LogP contribution in [0.15, 0.2) is 0 Å². The van der Waals surface area contributed by atoms with Gasteiger partial charge in [-0.25, -0.2) is 0 Å². The lowest BCUT2D eigenvalue weighted by atomic mass is 10.0. The van der Waals surface area contributed by atoms with E-state index in [2.05, 4.69) is 11.8 Å². The minimum absolute atomic E-state index is 0.274. The predicted molar refractivity (Wildman–Crippen MR) is 58.5 cm³/mol. The lowest BCUT2D eigenvalue weighted by Crippen LogP contribution is -2.21. The van der Waals surface area contributed by atoms with E-state index >= 15 is 0 Å². The summed E-state index contributed by atoms with van der Waals surface area (Å²) >= 11 is 5.35. The molecule has 0 aromatic carbocycles. The Bertz CT molecular complexity index is 325. The summed E-state index contributed by atoms with van der Waals surface area (Å²) in [6.07, 6.45) is 0.958. The second-order valence-corrected chi connectivity index (χ2v) is 5.57. The third-order valence-corrected chi connectivity index (χ3v) is 3.55. The molecule has 0 fully saturated rings. The van der Waals surface area contributed by atoms with E-state index in [1.807, 2.05) is 6.92 Å². The molecule has 86 valence electrons. The van der Waals surface area contributed by atoms with Crippen LogP contribution in [0.3, 0.4) is 0 Å². The number of Topliss-reactive ketones (excluding diaryl/α,β-unsaturated/α-hetero) is 1. The number of alkyl halides is 1. The van der Waals surface area contributed by atoms with Crippen LogP contribution < -0.4 is 0 Å². The first-order chi connectivity index (χ1) is 6.80. The van der Waals surface area contributed by atoms with E-state index in [9.17, 15) is 9.36 Å². The van der Waals surface area contributed by atoms with Gasteiger partial charge in [0.2, 0.25) is 0 Å². The van der Waals surface area contributed by atoms with Crippen LogP contribution >= 0.6 is 19.2 Å². The Labute approximate surface area is 94.2 Å². The lowest BCUT2D eigenvalue weighted by Gasteiger charge is -2.13. The smallest absolute Gasteiger partial charge is 0.323 e. The van der Waals surface area contributed by atoms with Crippen LogP contribution in [0.25, 0.3) is 0 Å². The van der Waals surface area contributed by atoms with Crippen molar-refractivity contribution in [3.63, 3.8) is 0 Å². The van der Waals surface area contributed by atoms with Gasteiger partial charge in [0, 0.05) is 18.8 Å². The molecule has 0 saturated carbocycles. The highest BCUT2D eigenvalue weighted by atomic mass is 35.5. The van der Waals surface area contributed by atoms with Crippen LogP contribution in [-0.2, 0) is 9.36 Å². The lowest BCUT2D eigenvalue weighted by molar-refractivity contribution is -0.120. The number of carbonyl (C=O) groups excluding carboxylic acids is 1. The Kier molecular flexibility index (Phi) is 6.16. The van der Waals surface area contributed by atoms with Crippen molar-refractivity contribution < 1.29 is 19.1 Å². The monoisotopic (exact) mass is 252 g/mol. The molecule has 0 aromatic heterocycles. The van der Waals surface area contributed by atoms with Gasteiger partial charge in [-0.2, -0.15) is 0 Å². The molecule has 0 rings (SSSR count). The molecule has 0 aliphatic rings. The zero-order valence-corrected chi connectivity index (χ0v) is 10.3. The standard InChI is InChI=1S/C9H14ClO4P/c1-3-4-5-6-7(2)8(11)9(10)15(12,13)14/h7,9H,3,6H2,1-2H3,(H2,12,13,14). The molecule has 0 heterocycles. The van der Waals surface area contributed by atoms with Crippen molar-refractivity contribution >= 4 is 25.0 Å². The van der Waals surface area contributed by atoms with Gasteiger partial charge in [-0.1, -0.05) is 13.8 Å². The highest BCUT2D eigenvalue weighted by Crippen LogP contribution is 2.45. The van der Waals surface area contributed by atoms with Gasteiger partial charge in [0.25, 0.3) is 0 Å². The molecule has 0 aromatic rings. The SMILES string of the molecule is CCC#CCC(C)C(=O)C(Cl)P(=O)(O)O. The van der Waals surface area contributed by atoms with Crippen LogP contribution in [0, 0.1) is 17.8 Å². The summed E-state index contributed by atoms with van der Waals surface area (Å²) in [4.78, 5) is 28.8. The maximum absolute atomic E-state index is 11.4. The van der Waals surface area contributed by atoms with Crippen molar-refractivity contribution in [2.45, 2.75) is 31.8 Å². The maximum atomic E-state index is 11.4. The molecule has 0 radical (unpaired) electrons. The Morgan fingerprint density at radius 3 is 2.40 bits per heavy atom. The minimum Gasteiger partial charge on any atom is -0.323 e. The molecule has 4 nitrogen and oxygen atoms in total. The fraction of sp³-hybridized carbons (Fsp3) is 0.667. The number of hydrogen-bond acceptors (Lipinski definition) is 2. The van der Waals surface area contributed by atoms with Gasteiger partial charge in [-0.05, 0) is 0 Å². The predicted octanol–water partition coefficient (Wildman–Crippen LogP) is 1.74. The molecule has 6 heteroatoms. The Morgan fingerprint density at radius 1 is 1.47 bits per heavy atom. The quantitative estimate of drug-likeness (QED) is 0.454. The number of rotatable bonds is 4. The Morgan fingerprint density at radius 2 is 2.00 bits per heavy atom. The van der Waals surface area contributed by atoms with E-state index in [-0.39, 0.29) is 6.42 Å². The summed E-state index contributed by atoms with van der Waals surface area (Å²) in [6, 6.07) is 0. The average Bonchev–Trinajstić information content (AvgIpc) is 2.14. The zero-order chi connectivity index (χ0) is 12.1. The molecule has 0 saturated heterocycles. The molecule has 15 heavy (non-hydrogen) atoms. The molecule has 2 atom stereocenters. The summed E-state index contributed by atoms with van der Waals surface area (Å²) in [5, 5.41) is -1.75.